The number of nitrogens with one attached hydrogen (secondary N) is 2. The molecule has 5 rings (SSSR count). The molecule has 0 unspecified atom stereocenters. The second-order valence-electron chi connectivity index (χ2n) is 7.09. The van der Waals surface area contributed by atoms with Crippen molar-refractivity contribution >= 4 is 5.65 Å². The van der Waals surface area contributed by atoms with E-state index in [-0.39, 0.29) is 5.56 Å². The summed E-state index contributed by atoms with van der Waals surface area (Å²) in [5.41, 5.74) is 6.22. The van der Waals surface area contributed by atoms with Gasteiger partial charge < -0.3 is 9.72 Å². The number of H-pyrrole nitrogens is 2. The van der Waals surface area contributed by atoms with Crippen molar-refractivity contribution in [3.63, 3.8) is 0 Å². The highest BCUT2D eigenvalue weighted by Gasteiger charge is 2.21. The standard InChI is InChI=1S/C24H20N4O2/c1-15-20(16-8-10-19(30-2)11-9-16)24(29)28-23(26-15)21(18-12-13-25-14-18)22(27-28)17-6-4-3-5-7-17/h3-14,25,27H,1-2H3. The minimum atomic E-state index is -0.137. The molecular weight excluding hydrogens is 376 g/mol. The lowest BCUT2D eigenvalue weighted by atomic mass is 10.0. The number of hydrogen-bond acceptors (Lipinski definition) is 3. The van der Waals surface area contributed by atoms with E-state index in [0.29, 0.717) is 16.9 Å². The highest BCUT2D eigenvalue weighted by molar-refractivity contribution is 5.90. The number of ether oxygens (including phenoxy) is 1. The number of fused-ring (bicyclic) bond motifs is 1. The SMILES string of the molecule is COc1ccc(-c2c(C)nc3c(-c4cc[nH]c4)c(-c4ccccc4)[nH]n3c2=O)cc1. The summed E-state index contributed by atoms with van der Waals surface area (Å²) in [7, 11) is 1.62. The molecule has 6 nitrogen and oxygen atoms in total. The largest absolute Gasteiger partial charge is 0.497 e. The van der Waals surface area contributed by atoms with Gasteiger partial charge >= 0.3 is 0 Å². The van der Waals surface area contributed by atoms with Crippen molar-refractivity contribution in [1.82, 2.24) is 19.6 Å². The van der Waals surface area contributed by atoms with Crippen LogP contribution in [0.25, 0.3) is 39.2 Å². The molecule has 6 heteroatoms. The number of aromatic nitrogens is 4. The molecule has 0 aliphatic heterocycles. The predicted octanol–water partition coefficient (Wildman–Crippen LogP) is 4.67. The van der Waals surface area contributed by atoms with Crippen LogP contribution in [0.1, 0.15) is 5.69 Å². The Balaban J connectivity index is 1.81. The van der Waals surface area contributed by atoms with Gasteiger partial charge in [0.2, 0.25) is 0 Å². The monoisotopic (exact) mass is 396 g/mol. The average molecular weight is 396 g/mol. The Hall–Kier alpha value is -4.06. The molecule has 0 saturated heterocycles. The molecule has 3 heterocycles. The Labute approximate surface area is 172 Å². The predicted molar refractivity (Wildman–Crippen MR) is 118 cm³/mol. The summed E-state index contributed by atoms with van der Waals surface area (Å²) in [4.78, 5) is 21.5. The molecule has 0 atom stereocenters. The zero-order chi connectivity index (χ0) is 20.7. The van der Waals surface area contributed by atoms with E-state index >= 15 is 0 Å². The summed E-state index contributed by atoms with van der Waals surface area (Å²) in [5, 5.41) is 3.30. The molecule has 0 radical (unpaired) electrons. The minimum absolute atomic E-state index is 0.137. The molecule has 0 fully saturated rings. The van der Waals surface area contributed by atoms with E-state index in [1.807, 2.05) is 80.0 Å². The summed E-state index contributed by atoms with van der Waals surface area (Å²) >= 11 is 0. The number of aryl methyl sites for hydroxylation is 1. The van der Waals surface area contributed by atoms with Crippen molar-refractivity contribution in [3.05, 3.63) is 89.1 Å². The second kappa shape index (κ2) is 7.08. The van der Waals surface area contributed by atoms with E-state index in [9.17, 15) is 4.79 Å². The minimum Gasteiger partial charge on any atom is -0.497 e. The molecule has 0 aliphatic carbocycles. The second-order valence-corrected chi connectivity index (χ2v) is 7.09. The van der Waals surface area contributed by atoms with Gasteiger partial charge in [0.25, 0.3) is 5.56 Å². The van der Waals surface area contributed by atoms with E-state index in [1.165, 1.54) is 4.52 Å². The number of hydrogen-bond donors (Lipinski definition) is 2. The van der Waals surface area contributed by atoms with Crippen LogP contribution in [0.5, 0.6) is 5.75 Å². The fraction of sp³-hybridized carbons (Fsp3) is 0.0833. The maximum absolute atomic E-state index is 13.5. The Morgan fingerprint density at radius 3 is 2.33 bits per heavy atom. The van der Waals surface area contributed by atoms with Crippen molar-refractivity contribution in [3.8, 4) is 39.3 Å². The first-order valence-corrected chi connectivity index (χ1v) is 9.65. The summed E-state index contributed by atoms with van der Waals surface area (Å²) < 4.78 is 6.78. The van der Waals surface area contributed by atoms with Crippen LogP contribution in [0.15, 0.2) is 77.9 Å². The Bertz CT molecular complexity index is 1380. The lowest BCUT2D eigenvalue weighted by molar-refractivity contribution is 0.415. The van der Waals surface area contributed by atoms with Gasteiger partial charge in [-0.15, -0.1) is 0 Å². The molecule has 0 aliphatic rings. The van der Waals surface area contributed by atoms with Gasteiger partial charge in [0.15, 0.2) is 5.65 Å². The van der Waals surface area contributed by atoms with E-state index in [4.69, 9.17) is 9.72 Å². The van der Waals surface area contributed by atoms with E-state index in [0.717, 1.165) is 33.7 Å². The van der Waals surface area contributed by atoms with Crippen LogP contribution in [-0.2, 0) is 0 Å². The molecule has 148 valence electrons. The molecule has 0 bridgehead atoms. The van der Waals surface area contributed by atoms with Crippen LogP contribution in [0, 0.1) is 6.92 Å². The average Bonchev–Trinajstić information content (AvgIpc) is 3.43. The third-order valence-corrected chi connectivity index (χ3v) is 5.29. The Kier molecular flexibility index (Phi) is 4.25. The van der Waals surface area contributed by atoms with Crippen LogP contribution in [-0.4, -0.2) is 26.7 Å². The van der Waals surface area contributed by atoms with Gasteiger partial charge in [-0.3, -0.25) is 9.89 Å². The van der Waals surface area contributed by atoms with Gasteiger partial charge in [-0.05, 0) is 30.7 Å². The highest BCUT2D eigenvalue weighted by Crippen LogP contribution is 2.34. The number of rotatable bonds is 4. The first kappa shape index (κ1) is 18.0. The summed E-state index contributed by atoms with van der Waals surface area (Å²) in [6, 6.07) is 19.4. The third-order valence-electron chi connectivity index (χ3n) is 5.29. The van der Waals surface area contributed by atoms with Crippen molar-refractivity contribution in [2.45, 2.75) is 6.92 Å². The van der Waals surface area contributed by atoms with Gasteiger partial charge in [0, 0.05) is 23.5 Å². The third kappa shape index (κ3) is 2.81. The normalized spacial score (nSPS) is 11.1. The topological polar surface area (TPSA) is 75.2 Å². The smallest absolute Gasteiger partial charge is 0.280 e. The van der Waals surface area contributed by atoms with Gasteiger partial charge in [0.05, 0.1) is 29.6 Å². The first-order chi connectivity index (χ1) is 14.7. The summed E-state index contributed by atoms with van der Waals surface area (Å²) in [6.45, 7) is 1.87. The summed E-state index contributed by atoms with van der Waals surface area (Å²) in [6.07, 6.45) is 3.78. The number of benzene rings is 2. The maximum Gasteiger partial charge on any atom is 0.280 e. The van der Waals surface area contributed by atoms with Crippen LogP contribution in [0.4, 0.5) is 0 Å². The molecule has 2 N–H and O–H groups in total. The quantitative estimate of drug-likeness (QED) is 0.464. The van der Waals surface area contributed by atoms with Crippen LogP contribution >= 0.6 is 0 Å². The van der Waals surface area contributed by atoms with E-state index in [1.54, 1.807) is 7.11 Å². The van der Waals surface area contributed by atoms with E-state index < -0.39 is 0 Å². The maximum atomic E-state index is 13.5. The number of nitrogens with zero attached hydrogens (tertiary/aromatic N) is 2. The van der Waals surface area contributed by atoms with Gasteiger partial charge in [-0.1, -0.05) is 42.5 Å². The lowest BCUT2D eigenvalue weighted by Gasteiger charge is -2.07. The lowest BCUT2D eigenvalue weighted by Crippen LogP contribution is -2.19. The molecule has 0 saturated carbocycles. The fourth-order valence-electron chi connectivity index (χ4n) is 3.84. The molecule has 5 aromatic rings. The van der Waals surface area contributed by atoms with Gasteiger partial charge in [-0.2, -0.15) is 4.52 Å². The van der Waals surface area contributed by atoms with Crippen LogP contribution in [0.3, 0.4) is 0 Å². The van der Waals surface area contributed by atoms with Crippen molar-refractivity contribution < 1.29 is 4.74 Å². The Morgan fingerprint density at radius 2 is 1.67 bits per heavy atom. The van der Waals surface area contributed by atoms with Crippen LogP contribution < -0.4 is 10.3 Å². The zero-order valence-corrected chi connectivity index (χ0v) is 16.6. The summed E-state index contributed by atoms with van der Waals surface area (Å²) in [5.74, 6) is 0.742. The zero-order valence-electron chi connectivity index (χ0n) is 16.6. The number of aromatic amines is 2. The molecular formula is C24H20N4O2. The fourth-order valence-corrected chi connectivity index (χ4v) is 3.84. The van der Waals surface area contributed by atoms with Crippen molar-refractivity contribution in [1.29, 1.82) is 0 Å². The Morgan fingerprint density at radius 1 is 0.900 bits per heavy atom. The molecule has 3 aromatic heterocycles. The molecule has 30 heavy (non-hydrogen) atoms. The highest BCUT2D eigenvalue weighted by atomic mass is 16.5. The van der Waals surface area contributed by atoms with Crippen LogP contribution in [0.2, 0.25) is 0 Å². The molecule has 0 spiro atoms. The van der Waals surface area contributed by atoms with Crippen molar-refractivity contribution in [2.24, 2.45) is 0 Å². The van der Waals surface area contributed by atoms with Gasteiger partial charge in [-0.25, -0.2) is 4.98 Å². The molecule has 0 amide bonds. The number of methoxy groups -OCH3 is 1. The molecule has 2 aromatic carbocycles. The van der Waals surface area contributed by atoms with Crippen molar-refractivity contribution in [2.75, 3.05) is 7.11 Å². The van der Waals surface area contributed by atoms with Gasteiger partial charge in [0.1, 0.15) is 5.75 Å². The van der Waals surface area contributed by atoms with E-state index in [2.05, 4.69) is 10.1 Å². The first-order valence-electron chi connectivity index (χ1n) is 9.65.